The Balaban J connectivity index is 2.06. The number of rotatable bonds is 2. The predicted molar refractivity (Wildman–Crippen MR) is 71.9 cm³/mol. The summed E-state index contributed by atoms with van der Waals surface area (Å²) in [5, 5.41) is 0.564. The molecule has 2 aromatic heterocycles. The molecular weight excluding hydrogens is 265 g/mol. The van der Waals surface area contributed by atoms with Crippen molar-refractivity contribution < 1.29 is 4.39 Å². The Bertz CT molecular complexity index is 792. The minimum atomic E-state index is -0.289. The molecule has 3 rings (SSSR count). The number of benzene rings is 1. The first-order chi connectivity index (χ1) is 9.15. The average molecular weight is 275 g/mol. The zero-order valence-electron chi connectivity index (χ0n) is 10.1. The molecule has 0 atom stereocenters. The Morgan fingerprint density at radius 3 is 2.79 bits per heavy atom. The van der Waals surface area contributed by atoms with Crippen molar-refractivity contribution in [3.63, 3.8) is 0 Å². The summed E-state index contributed by atoms with van der Waals surface area (Å²) in [5.41, 5.74) is 1.44. The zero-order valence-corrected chi connectivity index (χ0v) is 10.9. The highest BCUT2D eigenvalue weighted by molar-refractivity contribution is 7.12. The van der Waals surface area contributed by atoms with Crippen molar-refractivity contribution in [2.24, 2.45) is 0 Å². The van der Waals surface area contributed by atoms with Gasteiger partial charge in [-0.15, -0.1) is 0 Å². The van der Waals surface area contributed by atoms with Gasteiger partial charge in [0.15, 0.2) is 4.83 Å². The summed E-state index contributed by atoms with van der Waals surface area (Å²) in [6.45, 7) is 2.17. The summed E-state index contributed by atoms with van der Waals surface area (Å²) in [6, 6.07) is 6.07. The normalized spacial score (nSPS) is 11.1. The second-order valence-corrected chi connectivity index (χ2v) is 5.00. The van der Waals surface area contributed by atoms with E-state index in [9.17, 15) is 9.18 Å². The van der Waals surface area contributed by atoms with Crippen molar-refractivity contribution in [3.8, 4) is 0 Å². The molecule has 19 heavy (non-hydrogen) atoms. The van der Waals surface area contributed by atoms with Crippen LogP contribution in [0, 0.1) is 12.7 Å². The fourth-order valence-corrected chi connectivity index (χ4v) is 2.64. The van der Waals surface area contributed by atoms with Crippen LogP contribution in [0.4, 0.5) is 4.39 Å². The van der Waals surface area contributed by atoms with Crippen LogP contribution >= 0.6 is 11.5 Å². The van der Waals surface area contributed by atoms with Gasteiger partial charge in [-0.25, -0.2) is 9.37 Å². The van der Waals surface area contributed by atoms with Crippen LogP contribution in [0.25, 0.3) is 10.2 Å². The number of nitrogens with zero attached hydrogens (tertiary/aromatic N) is 3. The highest BCUT2D eigenvalue weighted by Crippen LogP contribution is 2.15. The van der Waals surface area contributed by atoms with Crippen molar-refractivity contribution in [1.82, 2.24) is 13.9 Å². The van der Waals surface area contributed by atoms with Crippen molar-refractivity contribution in [2.45, 2.75) is 13.5 Å². The van der Waals surface area contributed by atoms with E-state index in [1.807, 2.05) is 0 Å². The summed E-state index contributed by atoms with van der Waals surface area (Å²) in [4.78, 5) is 17.2. The van der Waals surface area contributed by atoms with Crippen molar-refractivity contribution in [1.29, 1.82) is 0 Å². The molecule has 0 aliphatic heterocycles. The summed E-state index contributed by atoms with van der Waals surface area (Å²) in [5.74, 6) is -0.289. The van der Waals surface area contributed by atoms with Gasteiger partial charge in [0.25, 0.3) is 5.56 Å². The first kappa shape index (κ1) is 12.0. The molecule has 0 spiro atoms. The maximum Gasteiger partial charge on any atom is 0.264 e. The minimum Gasteiger partial charge on any atom is -0.294 e. The quantitative estimate of drug-likeness (QED) is 0.721. The Morgan fingerprint density at radius 2 is 2.05 bits per heavy atom. The van der Waals surface area contributed by atoms with Crippen LogP contribution < -0.4 is 5.56 Å². The lowest BCUT2D eigenvalue weighted by Crippen LogP contribution is -2.21. The molecule has 4 nitrogen and oxygen atoms in total. The van der Waals surface area contributed by atoms with Gasteiger partial charge in [0.2, 0.25) is 0 Å². The van der Waals surface area contributed by atoms with Crippen molar-refractivity contribution in [2.75, 3.05) is 0 Å². The maximum absolute atomic E-state index is 12.8. The monoisotopic (exact) mass is 275 g/mol. The van der Waals surface area contributed by atoms with E-state index in [0.717, 1.165) is 5.56 Å². The molecule has 0 saturated carbocycles. The van der Waals surface area contributed by atoms with Gasteiger partial charge in [-0.1, -0.05) is 12.1 Å². The molecule has 0 aliphatic carbocycles. The molecule has 2 heterocycles. The number of fused-ring (bicyclic) bond motifs is 1. The van der Waals surface area contributed by atoms with E-state index >= 15 is 0 Å². The third-order valence-electron chi connectivity index (χ3n) is 2.90. The molecule has 0 fully saturated rings. The molecule has 0 radical (unpaired) electrons. The smallest absolute Gasteiger partial charge is 0.264 e. The van der Waals surface area contributed by atoms with Gasteiger partial charge in [-0.05, 0) is 36.2 Å². The summed E-state index contributed by atoms with van der Waals surface area (Å²) in [7, 11) is 0. The molecule has 1 aromatic carbocycles. The summed E-state index contributed by atoms with van der Waals surface area (Å²) in [6.07, 6.45) is 1.51. The Labute approximate surface area is 112 Å². The topological polar surface area (TPSA) is 47.8 Å². The van der Waals surface area contributed by atoms with Crippen LogP contribution in [-0.2, 0) is 6.54 Å². The number of aromatic nitrogens is 3. The molecular formula is C13H10FN3OS. The van der Waals surface area contributed by atoms with E-state index in [1.165, 1.54) is 34.6 Å². The molecule has 0 aliphatic rings. The molecule has 6 heteroatoms. The van der Waals surface area contributed by atoms with Gasteiger partial charge in [0, 0.05) is 0 Å². The van der Waals surface area contributed by atoms with Gasteiger partial charge in [-0.3, -0.25) is 9.36 Å². The number of aryl methyl sites for hydroxylation is 1. The first-order valence-corrected chi connectivity index (χ1v) is 6.48. The summed E-state index contributed by atoms with van der Waals surface area (Å²) >= 11 is 1.22. The van der Waals surface area contributed by atoms with E-state index in [-0.39, 0.29) is 11.4 Å². The third kappa shape index (κ3) is 2.15. The minimum absolute atomic E-state index is 0.111. The summed E-state index contributed by atoms with van der Waals surface area (Å²) < 4.78 is 18.5. The van der Waals surface area contributed by atoms with Crippen LogP contribution in [-0.4, -0.2) is 13.9 Å². The van der Waals surface area contributed by atoms with Crippen molar-refractivity contribution in [3.05, 3.63) is 58.0 Å². The fraction of sp³-hybridized carbons (Fsp3) is 0.154. The Morgan fingerprint density at radius 1 is 1.32 bits per heavy atom. The van der Waals surface area contributed by atoms with Gasteiger partial charge in [0.1, 0.15) is 5.82 Å². The largest absolute Gasteiger partial charge is 0.294 e. The van der Waals surface area contributed by atoms with E-state index in [4.69, 9.17) is 0 Å². The van der Waals surface area contributed by atoms with E-state index in [2.05, 4.69) is 9.36 Å². The highest BCUT2D eigenvalue weighted by atomic mass is 32.1. The van der Waals surface area contributed by atoms with Gasteiger partial charge in [-0.2, -0.15) is 4.37 Å². The second-order valence-electron chi connectivity index (χ2n) is 4.25. The highest BCUT2D eigenvalue weighted by Gasteiger charge is 2.10. The van der Waals surface area contributed by atoms with Crippen LogP contribution in [0.15, 0.2) is 35.4 Å². The number of hydrogen-bond acceptors (Lipinski definition) is 4. The van der Waals surface area contributed by atoms with E-state index in [0.29, 0.717) is 22.5 Å². The molecule has 0 unspecified atom stereocenters. The van der Waals surface area contributed by atoms with Crippen molar-refractivity contribution >= 4 is 21.7 Å². The number of hydrogen-bond donors (Lipinski definition) is 0. The van der Waals surface area contributed by atoms with E-state index in [1.54, 1.807) is 19.1 Å². The molecule has 0 saturated heterocycles. The lowest BCUT2D eigenvalue weighted by molar-refractivity contribution is 0.626. The zero-order chi connectivity index (χ0) is 13.4. The SMILES string of the molecule is Cc1nsc2ncn(Cc3ccc(F)cc3)c(=O)c12. The third-order valence-corrected chi connectivity index (χ3v) is 3.75. The second kappa shape index (κ2) is 4.55. The lowest BCUT2D eigenvalue weighted by atomic mass is 10.2. The van der Waals surface area contributed by atoms with Gasteiger partial charge >= 0.3 is 0 Å². The van der Waals surface area contributed by atoms with Crippen LogP contribution in [0.1, 0.15) is 11.3 Å². The van der Waals surface area contributed by atoms with E-state index < -0.39 is 0 Å². The van der Waals surface area contributed by atoms with Gasteiger partial charge < -0.3 is 0 Å². The van der Waals surface area contributed by atoms with Gasteiger partial charge in [0.05, 0.1) is 24.0 Å². The Kier molecular flexibility index (Phi) is 2.87. The van der Waals surface area contributed by atoms with Crippen LogP contribution in [0.5, 0.6) is 0 Å². The van der Waals surface area contributed by atoms with Crippen LogP contribution in [0.3, 0.4) is 0 Å². The molecule has 3 aromatic rings. The molecule has 0 amide bonds. The standard InChI is InChI=1S/C13H10FN3OS/c1-8-11-12(19-16-8)15-7-17(13(11)18)6-9-2-4-10(14)5-3-9/h2-5,7H,6H2,1H3. The predicted octanol–water partition coefficient (Wildman–Crippen LogP) is 2.35. The first-order valence-electron chi connectivity index (χ1n) is 5.71. The maximum atomic E-state index is 12.8. The Hall–Kier alpha value is -2.08. The molecule has 0 N–H and O–H groups in total. The molecule has 0 bridgehead atoms. The van der Waals surface area contributed by atoms with Crippen LogP contribution in [0.2, 0.25) is 0 Å². The average Bonchev–Trinajstić information content (AvgIpc) is 2.78. The number of halogens is 1. The lowest BCUT2D eigenvalue weighted by Gasteiger charge is -2.05. The molecule has 96 valence electrons. The fourth-order valence-electron chi connectivity index (χ4n) is 1.91.